The van der Waals surface area contributed by atoms with Crippen LogP contribution in [0.25, 0.3) is 11.1 Å². The number of alkyl halides is 3. The van der Waals surface area contributed by atoms with Crippen LogP contribution in [0, 0.1) is 6.92 Å². The number of benzene rings is 2. The van der Waals surface area contributed by atoms with Crippen molar-refractivity contribution in [3.63, 3.8) is 0 Å². The number of pyridine rings is 1. The molecule has 0 spiro atoms. The standard InChI is InChI=1S/C28H28F3N3O3/c1-18-4-6-19(7-5-18)21-14-22(16-23(15-21)27(37)34-12-2-3-13-34)26(36)32-11-10-24(35)20-8-9-25(33-17-20)28(29,30)31/h4-9,14-17,24,35H,2-3,10-13H2,1H3,(H,32,36). The Hall–Kier alpha value is -3.72. The first-order valence-corrected chi connectivity index (χ1v) is 12.1. The number of halogens is 3. The molecule has 0 bridgehead atoms. The number of likely N-dealkylation sites (tertiary alicyclic amines) is 1. The highest BCUT2D eigenvalue weighted by atomic mass is 19.4. The SMILES string of the molecule is Cc1ccc(-c2cc(C(=O)NCCC(O)c3ccc(C(F)(F)F)nc3)cc(C(=O)N3CCCC3)c2)cc1. The molecular weight excluding hydrogens is 483 g/mol. The van der Waals surface area contributed by atoms with Gasteiger partial charge in [-0.05, 0) is 67.1 Å². The minimum atomic E-state index is -4.56. The molecule has 3 aromatic rings. The van der Waals surface area contributed by atoms with Gasteiger partial charge in [-0.15, -0.1) is 0 Å². The predicted molar refractivity (Wildman–Crippen MR) is 133 cm³/mol. The number of amides is 2. The van der Waals surface area contributed by atoms with Gasteiger partial charge in [0.05, 0.1) is 6.10 Å². The maximum atomic E-state index is 13.1. The second-order valence-electron chi connectivity index (χ2n) is 9.20. The third kappa shape index (κ3) is 6.54. The van der Waals surface area contributed by atoms with Crippen LogP contribution in [0.4, 0.5) is 13.2 Å². The molecule has 1 saturated heterocycles. The minimum Gasteiger partial charge on any atom is -0.388 e. The first-order chi connectivity index (χ1) is 17.6. The molecule has 1 atom stereocenters. The summed E-state index contributed by atoms with van der Waals surface area (Å²) in [6, 6.07) is 14.9. The van der Waals surface area contributed by atoms with Gasteiger partial charge in [0.1, 0.15) is 5.69 Å². The van der Waals surface area contributed by atoms with Gasteiger partial charge in [-0.3, -0.25) is 14.6 Å². The average Bonchev–Trinajstić information content (AvgIpc) is 3.43. The smallest absolute Gasteiger partial charge is 0.388 e. The highest BCUT2D eigenvalue weighted by Crippen LogP contribution is 2.28. The van der Waals surface area contributed by atoms with Crippen molar-refractivity contribution in [2.75, 3.05) is 19.6 Å². The van der Waals surface area contributed by atoms with E-state index in [0.717, 1.165) is 41.8 Å². The minimum absolute atomic E-state index is 0.0746. The molecule has 0 aliphatic carbocycles. The van der Waals surface area contributed by atoms with Gasteiger partial charge < -0.3 is 15.3 Å². The van der Waals surface area contributed by atoms with Gasteiger partial charge in [-0.25, -0.2) is 0 Å². The fraction of sp³-hybridized carbons (Fsp3) is 0.321. The van der Waals surface area contributed by atoms with Crippen LogP contribution in [-0.2, 0) is 6.18 Å². The number of aryl methyl sites for hydroxylation is 1. The van der Waals surface area contributed by atoms with Crippen molar-refractivity contribution in [1.82, 2.24) is 15.2 Å². The molecule has 194 valence electrons. The second-order valence-corrected chi connectivity index (χ2v) is 9.20. The van der Waals surface area contributed by atoms with Crippen LogP contribution < -0.4 is 5.32 Å². The monoisotopic (exact) mass is 511 g/mol. The predicted octanol–water partition coefficient (Wildman–Crippen LogP) is 5.17. The normalized spacial score (nSPS) is 14.5. The zero-order valence-electron chi connectivity index (χ0n) is 20.4. The van der Waals surface area contributed by atoms with Crippen LogP contribution >= 0.6 is 0 Å². The molecule has 1 aliphatic rings. The lowest BCUT2D eigenvalue weighted by atomic mass is 9.98. The lowest BCUT2D eigenvalue weighted by Gasteiger charge is -2.17. The molecule has 2 heterocycles. The number of nitrogens with zero attached hydrogens (tertiary/aromatic N) is 2. The molecule has 0 radical (unpaired) electrons. The third-order valence-corrected chi connectivity index (χ3v) is 6.39. The lowest BCUT2D eigenvalue weighted by Crippen LogP contribution is -2.29. The molecule has 1 aliphatic heterocycles. The van der Waals surface area contributed by atoms with E-state index in [9.17, 15) is 27.9 Å². The Labute approximate surface area is 213 Å². The molecule has 9 heteroatoms. The van der Waals surface area contributed by atoms with Crippen molar-refractivity contribution < 1.29 is 27.9 Å². The van der Waals surface area contributed by atoms with E-state index in [-0.39, 0.29) is 24.4 Å². The second kappa shape index (κ2) is 11.1. The first-order valence-electron chi connectivity index (χ1n) is 12.1. The molecule has 2 aromatic carbocycles. The van der Waals surface area contributed by atoms with E-state index in [2.05, 4.69) is 10.3 Å². The zero-order valence-corrected chi connectivity index (χ0v) is 20.4. The fourth-order valence-corrected chi connectivity index (χ4v) is 4.26. The highest BCUT2D eigenvalue weighted by molar-refractivity contribution is 6.01. The molecule has 1 unspecified atom stereocenters. The van der Waals surface area contributed by atoms with Gasteiger partial charge in [-0.2, -0.15) is 13.2 Å². The summed E-state index contributed by atoms with van der Waals surface area (Å²) in [4.78, 5) is 31.2. The van der Waals surface area contributed by atoms with E-state index >= 15 is 0 Å². The summed E-state index contributed by atoms with van der Waals surface area (Å²) in [7, 11) is 0. The van der Waals surface area contributed by atoms with Gasteiger partial charge in [0.25, 0.3) is 11.8 Å². The number of carbonyl (C=O) groups is 2. The Kier molecular flexibility index (Phi) is 7.92. The summed E-state index contributed by atoms with van der Waals surface area (Å²) in [5.41, 5.74) is 2.64. The van der Waals surface area contributed by atoms with E-state index in [4.69, 9.17) is 0 Å². The Morgan fingerprint density at radius 1 is 1.00 bits per heavy atom. The number of hydrogen-bond acceptors (Lipinski definition) is 4. The Morgan fingerprint density at radius 2 is 1.68 bits per heavy atom. The van der Waals surface area contributed by atoms with Gasteiger partial charge in [0.2, 0.25) is 0 Å². The molecular formula is C28H28F3N3O3. The largest absolute Gasteiger partial charge is 0.433 e. The lowest BCUT2D eigenvalue weighted by molar-refractivity contribution is -0.141. The summed E-state index contributed by atoms with van der Waals surface area (Å²) in [6.45, 7) is 3.42. The fourth-order valence-electron chi connectivity index (χ4n) is 4.26. The number of rotatable bonds is 7. The molecule has 37 heavy (non-hydrogen) atoms. The van der Waals surface area contributed by atoms with Crippen LogP contribution in [0.1, 0.15) is 62.9 Å². The van der Waals surface area contributed by atoms with Gasteiger partial charge in [0, 0.05) is 37.0 Å². The number of aliphatic hydroxyl groups is 1. The number of aromatic nitrogens is 1. The van der Waals surface area contributed by atoms with Crippen molar-refractivity contribution in [2.24, 2.45) is 0 Å². The highest BCUT2D eigenvalue weighted by Gasteiger charge is 2.32. The van der Waals surface area contributed by atoms with Crippen molar-refractivity contribution >= 4 is 11.8 Å². The van der Waals surface area contributed by atoms with Crippen LogP contribution in [-0.4, -0.2) is 46.4 Å². The van der Waals surface area contributed by atoms with E-state index in [1.54, 1.807) is 23.1 Å². The zero-order chi connectivity index (χ0) is 26.6. The van der Waals surface area contributed by atoms with Crippen LogP contribution in [0.15, 0.2) is 60.8 Å². The molecule has 1 fully saturated rings. The van der Waals surface area contributed by atoms with E-state index < -0.39 is 23.9 Å². The summed E-state index contributed by atoms with van der Waals surface area (Å²) < 4.78 is 38.1. The van der Waals surface area contributed by atoms with Crippen LogP contribution in [0.5, 0.6) is 0 Å². The summed E-state index contributed by atoms with van der Waals surface area (Å²) in [5.74, 6) is -0.534. The Balaban J connectivity index is 1.47. The van der Waals surface area contributed by atoms with Gasteiger partial charge in [-0.1, -0.05) is 35.9 Å². The van der Waals surface area contributed by atoms with Crippen LogP contribution in [0.3, 0.4) is 0 Å². The number of nitrogens with one attached hydrogen (secondary N) is 1. The van der Waals surface area contributed by atoms with Gasteiger partial charge >= 0.3 is 6.18 Å². The number of hydrogen-bond donors (Lipinski definition) is 2. The van der Waals surface area contributed by atoms with Crippen molar-refractivity contribution in [2.45, 2.75) is 38.5 Å². The quantitative estimate of drug-likeness (QED) is 0.459. The maximum Gasteiger partial charge on any atom is 0.433 e. The van der Waals surface area contributed by atoms with E-state index in [1.165, 1.54) is 6.07 Å². The van der Waals surface area contributed by atoms with Crippen LogP contribution in [0.2, 0.25) is 0 Å². The maximum absolute atomic E-state index is 13.1. The average molecular weight is 512 g/mol. The number of carbonyl (C=O) groups excluding carboxylic acids is 2. The molecule has 2 N–H and O–H groups in total. The van der Waals surface area contributed by atoms with E-state index in [1.807, 2.05) is 31.2 Å². The third-order valence-electron chi connectivity index (χ3n) is 6.39. The van der Waals surface area contributed by atoms with Crippen molar-refractivity contribution in [1.29, 1.82) is 0 Å². The topological polar surface area (TPSA) is 82.5 Å². The molecule has 4 rings (SSSR count). The van der Waals surface area contributed by atoms with Crippen molar-refractivity contribution in [3.05, 3.63) is 88.7 Å². The molecule has 0 saturated carbocycles. The molecule has 6 nitrogen and oxygen atoms in total. The first kappa shape index (κ1) is 26.3. The summed E-state index contributed by atoms with van der Waals surface area (Å²) in [6.07, 6.45) is -2.69. The summed E-state index contributed by atoms with van der Waals surface area (Å²) >= 11 is 0. The number of aliphatic hydroxyl groups excluding tert-OH is 1. The Bertz CT molecular complexity index is 1250. The molecule has 2 amide bonds. The Morgan fingerprint density at radius 3 is 2.30 bits per heavy atom. The molecule has 1 aromatic heterocycles. The summed E-state index contributed by atoms with van der Waals surface area (Å²) in [5, 5.41) is 13.1. The van der Waals surface area contributed by atoms with Gasteiger partial charge in [0.15, 0.2) is 0 Å². The van der Waals surface area contributed by atoms with E-state index in [0.29, 0.717) is 24.2 Å². The van der Waals surface area contributed by atoms with Crippen molar-refractivity contribution in [3.8, 4) is 11.1 Å².